The van der Waals surface area contributed by atoms with E-state index in [9.17, 15) is 4.79 Å². The summed E-state index contributed by atoms with van der Waals surface area (Å²) in [5.41, 5.74) is 0.0861. The molecule has 2 saturated heterocycles. The van der Waals surface area contributed by atoms with Crippen LogP contribution in [0.1, 0.15) is 23.3 Å². The minimum absolute atomic E-state index is 0.0223. The van der Waals surface area contributed by atoms with E-state index in [1.54, 1.807) is 6.20 Å². The molecule has 0 aliphatic carbocycles. The molecule has 1 aromatic heterocycles. The van der Waals surface area contributed by atoms with Crippen LogP contribution in [0.25, 0.3) is 0 Å². The summed E-state index contributed by atoms with van der Waals surface area (Å²) in [6, 6.07) is 0. The molecule has 1 unspecified atom stereocenters. The summed E-state index contributed by atoms with van der Waals surface area (Å²) >= 11 is 0. The molecule has 2 aliphatic rings. The van der Waals surface area contributed by atoms with Gasteiger partial charge in [-0.1, -0.05) is 0 Å². The molecule has 0 aromatic carbocycles. The van der Waals surface area contributed by atoms with Gasteiger partial charge in [-0.25, -0.2) is 4.98 Å². The Kier molecular flexibility index (Phi) is 4.42. The molecule has 114 valence electrons. The number of carbonyl (C=O) groups excluding carboxylic acids is 1. The fourth-order valence-corrected chi connectivity index (χ4v) is 2.76. The minimum Gasteiger partial charge on any atom is -0.377 e. The van der Waals surface area contributed by atoms with Gasteiger partial charge in [-0.3, -0.25) is 9.78 Å². The molecule has 0 bridgehead atoms. The zero-order valence-corrected chi connectivity index (χ0v) is 11.9. The van der Waals surface area contributed by atoms with Crippen molar-refractivity contribution < 1.29 is 14.3 Å². The summed E-state index contributed by atoms with van der Waals surface area (Å²) in [5.74, 6) is -0.220. The largest absolute Gasteiger partial charge is 0.377 e. The number of nitrogens with one attached hydrogen (secondary N) is 2. The number of aromatic nitrogens is 2. The van der Waals surface area contributed by atoms with Crippen molar-refractivity contribution in [2.24, 2.45) is 0 Å². The third kappa shape index (κ3) is 3.55. The number of nitrogens with zero attached hydrogens (tertiary/aromatic N) is 2. The predicted octanol–water partition coefficient (Wildman–Crippen LogP) is -0.256. The first-order valence-electron chi connectivity index (χ1n) is 7.28. The maximum Gasteiger partial charge on any atom is 0.271 e. The van der Waals surface area contributed by atoms with Crippen LogP contribution in [-0.4, -0.2) is 60.4 Å². The van der Waals surface area contributed by atoms with Gasteiger partial charge >= 0.3 is 0 Å². The lowest BCUT2D eigenvalue weighted by molar-refractivity contribution is -0.0764. The van der Waals surface area contributed by atoms with Gasteiger partial charge < -0.3 is 20.1 Å². The van der Waals surface area contributed by atoms with Gasteiger partial charge in [0.2, 0.25) is 0 Å². The molecule has 7 heteroatoms. The molecule has 3 heterocycles. The number of hydrogen-bond acceptors (Lipinski definition) is 6. The smallest absolute Gasteiger partial charge is 0.271 e. The average molecular weight is 292 g/mol. The molecule has 1 spiro atoms. The summed E-state index contributed by atoms with van der Waals surface area (Å²) in [6.07, 6.45) is 6.39. The molecule has 0 saturated carbocycles. The fraction of sp³-hybridized carbons (Fsp3) is 0.643. The Hall–Kier alpha value is -1.57. The van der Waals surface area contributed by atoms with E-state index in [0.717, 1.165) is 32.5 Å². The molecular formula is C14H20N4O3. The number of rotatable bonds is 3. The van der Waals surface area contributed by atoms with Crippen LogP contribution in [0.15, 0.2) is 18.6 Å². The second-order valence-electron chi connectivity index (χ2n) is 5.49. The number of carbonyl (C=O) groups is 1. The Morgan fingerprint density at radius 3 is 3.33 bits per heavy atom. The molecule has 3 rings (SSSR count). The van der Waals surface area contributed by atoms with Crippen molar-refractivity contribution in [3.63, 3.8) is 0 Å². The van der Waals surface area contributed by atoms with Gasteiger partial charge in [0.1, 0.15) is 11.3 Å². The second kappa shape index (κ2) is 6.46. The van der Waals surface area contributed by atoms with E-state index in [-0.39, 0.29) is 17.6 Å². The van der Waals surface area contributed by atoms with Crippen LogP contribution in [0, 0.1) is 0 Å². The van der Waals surface area contributed by atoms with Crippen LogP contribution in [-0.2, 0) is 9.47 Å². The van der Waals surface area contributed by atoms with E-state index in [1.165, 1.54) is 12.4 Å². The molecule has 2 atom stereocenters. The van der Waals surface area contributed by atoms with Crippen molar-refractivity contribution in [1.82, 2.24) is 20.6 Å². The lowest BCUT2D eigenvalue weighted by Gasteiger charge is -2.27. The normalized spacial score (nSPS) is 29.2. The zero-order chi connectivity index (χ0) is 14.5. The van der Waals surface area contributed by atoms with Crippen molar-refractivity contribution in [3.8, 4) is 0 Å². The van der Waals surface area contributed by atoms with E-state index in [0.29, 0.717) is 18.8 Å². The fourth-order valence-electron chi connectivity index (χ4n) is 2.76. The summed E-state index contributed by atoms with van der Waals surface area (Å²) in [6.45, 7) is 3.49. The molecule has 2 fully saturated rings. The van der Waals surface area contributed by atoms with Crippen LogP contribution in [0.3, 0.4) is 0 Å². The summed E-state index contributed by atoms with van der Waals surface area (Å²) in [4.78, 5) is 19.8. The second-order valence-corrected chi connectivity index (χ2v) is 5.49. The summed E-state index contributed by atoms with van der Waals surface area (Å²) in [5, 5.41) is 6.19. The maximum atomic E-state index is 11.9. The third-order valence-electron chi connectivity index (χ3n) is 3.86. The highest BCUT2D eigenvalue weighted by Gasteiger charge is 2.41. The first-order chi connectivity index (χ1) is 10.3. The quantitative estimate of drug-likeness (QED) is 0.799. The van der Waals surface area contributed by atoms with Gasteiger partial charge in [0.05, 0.1) is 25.5 Å². The Labute approximate surface area is 123 Å². The van der Waals surface area contributed by atoms with E-state index in [1.807, 2.05) is 0 Å². The van der Waals surface area contributed by atoms with Gasteiger partial charge in [0.15, 0.2) is 0 Å². The van der Waals surface area contributed by atoms with E-state index < -0.39 is 0 Å². The van der Waals surface area contributed by atoms with Crippen LogP contribution in [0.4, 0.5) is 0 Å². The first kappa shape index (κ1) is 14.4. The highest BCUT2D eigenvalue weighted by Crippen LogP contribution is 2.30. The Balaban J connectivity index is 1.50. The van der Waals surface area contributed by atoms with Gasteiger partial charge in [-0.05, 0) is 12.8 Å². The lowest BCUT2D eigenvalue weighted by atomic mass is 10.0. The van der Waals surface area contributed by atoms with Crippen LogP contribution in [0.5, 0.6) is 0 Å². The van der Waals surface area contributed by atoms with Gasteiger partial charge in [-0.2, -0.15) is 0 Å². The maximum absolute atomic E-state index is 11.9. The Bertz CT molecular complexity index is 474. The van der Waals surface area contributed by atoms with Crippen molar-refractivity contribution in [2.45, 2.75) is 24.5 Å². The van der Waals surface area contributed by atoms with Crippen molar-refractivity contribution in [3.05, 3.63) is 24.3 Å². The molecule has 21 heavy (non-hydrogen) atoms. The Morgan fingerprint density at radius 1 is 1.52 bits per heavy atom. The third-order valence-corrected chi connectivity index (χ3v) is 3.86. The topological polar surface area (TPSA) is 85.4 Å². The standard InChI is InChI=1S/C14H20N4O3/c19-13(12-8-15-3-4-17-12)18-7-11-1-2-14(21-11)9-16-5-6-20-10-14/h3-4,8,11,16H,1-2,5-7,9-10H2,(H,18,19)/t11?,14-/m0/s1. The average Bonchev–Trinajstić information content (AvgIpc) is 2.77. The predicted molar refractivity (Wildman–Crippen MR) is 74.9 cm³/mol. The van der Waals surface area contributed by atoms with Crippen molar-refractivity contribution in [2.75, 3.05) is 32.8 Å². The molecule has 2 N–H and O–H groups in total. The monoisotopic (exact) mass is 292 g/mol. The molecular weight excluding hydrogens is 272 g/mol. The lowest BCUT2D eigenvalue weighted by Crippen LogP contribution is -2.43. The zero-order valence-electron chi connectivity index (χ0n) is 11.9. The van der Waals surface area contributed by atoms with Crippen LogP contribution >= 0.6 is 0 Å². The van der Waals surface area contributed by atoms with Crippen molar-refractivity contribution in [1.29, 1.82) is 0 Å². The minimum atomic E-state index is -0.238. The number of amides is 1. The van der Waals surface area contributed by atoms with Gasteiger partial charge in [0, 0.05) is 32.0 Å². The highest BCUT2D eigenvalue weighted by molar-refractivity contribution is 5.91. The molecule has 1 amide bonds. The first-order valence-corrected chi connectivity index (χ1v) is 7.28. The summed E-state index contributed by atoms with van der Waals surface area (Å²) in [7, 11) is 0. The highest BCUT2D eigenvalue weighted by atomic mass is 16.6. The number of ether oxygens (including phenoxy) is 2. The Morgan fingerprint density at radius 2 is 2.48 bits per heavy atom. The summed E-state index contributed by atoms with van der Waals surface area (Å²) < 4.78 is 11.7. The SMILES string of the molecule is O=C(NCC1CC[C@@]2(CNCCOC2)O1)c1cnccn1. The molecule has 7 nitrogen and oxygen atoms in total. The molecule has 1 aromatic rings. The van der Waals surface area contributed by atoms with E-state index >= 15 is 0 Å². The number of hydrogen-bond donors (Lipinski definition) is 2. The van der Waals surface area contributed by atoms with Crippen LogP contribution in [0.2, 0.25) is 0 Å². The van der Waals surface area contributed by atoms with Crippen LogP contribution < -0.4 is 10.6 Å². The van der Waals surface area contributed by atoms with Gasteiger partial charge in [-0.15, -0.1) is 0 Å². The van der Waals surface area contributed by atoms with Gasteiger partial charge in [0.25, 0.3) is 5.91 Å². The van der Waals surface area contributed by atoms with E-state index in [2.05, 4.69) is 20.6 Å². The molecule has 0 radical (unpaired) electrons. The van der Waals surface area contributed by atoms with Crippen molar-refractivity contribution >= 4 is 5.91 Å². The van der Waals surface area contributed by atoms with E-state index in [4.69, 9.17) is 9.47 Å². The molecule has 2 aliphatic heterocycles.